The Morgan fingerprint density at radius 1 is 0.893 bits per heavy atom. The fourth-order valence-electron chi connectivity index (χ4n) is 4.07. The fraction of sp³-hybridized carbons (Fsp3) is 0.240. The molecule has 0 radical (unpaired) electrons. The van der Waals surface area contributed by atoms with Crippen molar-refractivity contribution in [1.82, 2.24) is 4.57 Å². The van der Waals surface area contributed by atoms with Gasteiger partial charge in [0, 0.05) is 28.4 Å². The van der Waals surface area contributed by atoms with Crippen molar-refractivity contribution in [3.8, 4) is 0 Å². The molecule has 0 fully saturated rings. The molecule has 1 heterocycles. The van der Waals surface area contributed by atoms with Crippen LogP contribution in [-0.2, 0) is 13.0 Å². The number of amides is 1. The number of primary amides is 1. The molecule has 0 aliphatic carbocycles. The third-order valence-electron chi connectivity index (χ3n) is 5.47. The molecular weight excluding hydrogens is 344 g/mol. The summed E-state index contributed by atoms with van der Waals surface area (Å²) in [5.74, 6) is -0.378. The molecule has 3 heteroatoms. The van der Waals surface area contributed by atoms with Crippen LogP contribution in [0.1, 0.15) is 47.7 Å². The summed E-state index contributed by atoms with van der Waals surface area (Å²) in [5.41, 5.74) is 11.1. The van der Waals surface area contributed by atoms with E-state index in [1.807, 2.05) is 18.2 Å². The molecule has 0 aliphatic heterocycles. The Labute approximate surface area is 165 Å². The molecule has 142 valence electrons. The average Bonchev–Trinajstić information content (AvgIpc) is 3.02. The van der Waals surface area contributed by atoms with Gasteiger partial charge in [0.25, 0.3) is 0 Å². The van der Waals surface area contributed by atoms with Gasteiger partial charge in [-0.3, -0.25) is 4.79 Å². The van der Waals surface area contributed by atoms with Crippen LogP contribution < -0.4 is 5.73 Å². The van der Waals surface area contributed by atoms with Gasteiger partial charge in [0.05, 0.1) is 5.52 Å². The molecule has 0 aliphatic rings. The number of carbonyl (C=O) groups is 1. The number of aryl methyl sites for hydroxylation is 1. The van der Waals surface area contributed by atoms with Gasteiger partial charge in [-0.15, -0.1) is 0 Å². The summed E-state index contributed by atoms with van der Waals surface area (Å²) in [6.45, 7) is 2.99. The van der Waals surface area contributed by atoms with Gasteiger partial charge in [-0.05, 0) is 42.2 Å². The molecular formula is C25H26N2O. The van der Waals surface area contributed by atoms with Crippen molar-refractivity contribution < 1.29 is 4.79 Å². The highest BCUT2D eigenvalue weighted by atomic mass is 16.1. The van der Waals surface area contributed by atoms with E-state index in [1.54, 1.807) is 0 Å². The Hall–Kier alpha value is -3.07. The van der Waals surface area contributed by atoms with Crippen LogP contribution in [0.2, 0.25) is 0 Å². The SMILES string of the molecule is CCCCCc1ccc2c3c(C(N)=O)cccc3n(Cc3ccccc3)c2c1. The van der Waals surface area contributed by atoms with Crippen molar-refractivity contribution in [2.24, 2.45) is 5.73 Å². The van der Waals surface area contributed by atoms with Gasteiger partial charge in [0.2, 0.25) is 5.91 Å². The number of fused-ring (bicyclic) bond motifs is 3. The normalized spacial score (nSPS) is 11.3. The van der Waals surface area contributed by atoms with Crippen molar-refractivity contribution >= 4 is 27.7 Å². The Morgan fingerprint density at radius 3 is 2.46 bits per heavy atom. The molecule has 28 heavy (non-hydrogen) atoms. The van der Waals surface area contributed by atoms with Crippen molar-refractivity contribution in [2.45, 2.75) is 39.2 Å². The highest BCUT2D eigenvalue weighted by Gasteiger charge is 2.16. The zero-order chi connectivity index (χ0) is 19.5. The molecule has 0 saturated carbocycles. The van der Waals surface area contributed by atoms with Gasteiger partial charge in [0.1, 0.15) is 0 Å². The van der Waals surface area contributed by atoms with Gasteiger partial charge < -0.3 is 10.3 Å². The second-order valence-electron chi connectivity index (χ2n) is 7.44. The molecule has 4 aromatic rings. The molecule has 1 aromatic heterocycles. The molecule has 3 aromatic carbocycles. The maximum Gasteiger partial charge on any atom is 0.249 e. The summed E-state index contributed by atoms with van der Waals surface area (Å²) >= 11 is 0. The number of nitrogens with zero attached hydrogens (tertiary/aromatic N) is 1. The number of aromatic nitrogens is 1. The maximum absolute atomic E-state index is 12.1. The number of hydrogen-bond donors (Lipinski definition) is 1. The van der Waals surface area contributed by atoms with Crippen molar-refractivity contribution in [2.75, 3.05) is 0 Å². The van der Waals surface area contributed by atoms with Gasteiger partial charge >= 0.3 is 0 Å². The van der Waals surface area contributed by atoms with Crippen molar-refractivity contribution in [3.63, 3.8) is 0 Å². The zero-order valence-electron chi connectivity index (χ0n) is 16.3. The van der Waals surface area contributed by atoms with Gasteiger partial charge in [-0.25, -0.2) is 0 Å². The summed E-state index contributed by atoms with van der Waals surface area (Å²) in [4.78, 5) is 12.1. The Balaban J connectivity index is 1.92. The third kappa shape index (κ3) is 3.40. The lowest BCUT2D eigenvalue weighted by Gasteiger charge is -2.09. The van der Waals surface area contributed by atoms with Crippen LogP contribution in [0.15, 0.2) is 66.7 Å². The minimum Gasteiger partial charge on any atom is -0.366 e. The van der Waals surface area contributed by atoms with Gasteiger partial charge in [-0.1, -0.05) is 68.3 Å². The molecule has 0 bridgehead atoms. The second kappa shape index (κ2) is 7.89. The second-order valence-corrected chi connectivity index (χ2v) is 7.44. The average molecular weight is 370 g/mol. The van der Waals surface area contributed by atoms with Crippen LogP contribution in [0.25, 0.3) is 21.8 Å². The first-order chi connectivity index (χ1) is 13.7. The minimum absolute atomic E-state index is 0.378. The molecule has 0 unspecified atom stereocenters. The highest BCUT2D eigenvalue weighted by molar-refractivity contribution is 6.17. The predicted molar refractivity (Wildman–Crippen MR) is 117 cm³/mol. The lowest BCUT2D eigenvalue weighted by molar-refractivity contribution is 0.100. The van der Waals surface area contributed by atoms with E-state index in [4.69, 9.17) is 5.73 Å². The van der Waals surface area contributed by atoms with E-state index in [9.17, 15) is 4.79 Å². The third-order valence-corrected chi connectivity index (χ3v) is 5.47. The number of nitrogens with two attached hydrogens (primary N) is 1. The van der Waals surface area contributed by atoms with Crippen LogP contribution in [0, 0.1) is 0 Å². The lowest BCUT2D eigenvalue weighted by Crippen LogP contribution is -2.11. The number of carbonyl (C=O) groups excluding carboxylic acids is 1. The monoisotopic (exact) mass is 370 g/mol. The van der Waals surface area contributed by atoms with E-state index in [1.165, 1.54) is 35.9 Å². The van der Waals surface area contributed by atoms with E-state index in [2.05, 4.69) is 60.0 Å². The smallest absolute Gasteiger partial charge is 0.249 e. The fourth-order valence-corrected chi connectivity index (χ4v) is 4.07. The van der Waals surface area contributed by atoms with E-state index < -0.39 is 0 Å². The van der Waals surface area contributed by atoms with E-state index in [-0.39, 0.29) is 5.91 Å². The number of rotatable bonds is 7. The van der Waals surface area contributed by atoms with Crippen LogP contribution in [0.3, 0.4) is 0 Å². The number of hydrogen-bond acceptors (Lipinski definition) is 1. The minimum atomic E-state index is -0.378. The van der Waals surface area contributed by atoms with Gasteiger partial charge in [-0.2, -0.15) is 0 Å². The lowest BCUT2D eigenvalue weighted by atomic mass is 10.0. The quantitative estimate of drug-likeness (QED) is 0.418. The van der Waals surface area contributed by atoms with Gasteiger partial charge in [0.15, 0.2) is 0 Å². The summed E-state index contributed by atoms with van der Waals surface area (Å²) in [6, 6.07) is 22.9. The Bertz CT molecular complexity index is 1130. The first-order valence-electron chi connectivity index (χ1n) is 10.1. The topological polar surface area (TPSA) is 48.0 Å². The Kier molecular flexibility index (Phi) is 5.16. The molecule has 2 N–H and O–H groups in total. The van der Waals surface area contributed by atoms with E-state index >= 15 is 0 Å². The van der Waals surface area contributed by atoms with Crippen molar-refractivity contribution in [1.29, 1.82) is 0 Å². The van der Waals surface area contributed by atoms with Crippen LogP contribution in [0.4, 0.5) is 0 Å². The molecule has 3 nitrogen and oxygen atoms in total. The summed E-state index contributed by atoms with van der Waals surface area (Å²) in [6.07, 6.45) is 4.75. The van der Waals surface area contributed by atoms with Crippen LogP contribution in [-0.4, -0.2) is 10.5 Å². The number of unbranched alkanes of at least 4 members (excludes halogenated alkanes) is 2. The first kappa shape index (κ1) is 18.3. The van der Waals surface area contributed by atoms with E-state index in [0.29, 0.717) is 5.56 Å². The van der Waals surface area contributed by atoms with Crippen LogP contribution in [0.5, 0.6) is 0 Å². The molecule has 0 spiro atoms. The highest BCUT2D eigenvalue weighted by Crippen LogP contribution is 2.33. The van der Waals surface area contributed by atoms with Crippen LogP contribution >= 0.6 is 0 Å². The molecule has 4 rings (SSSR count). The molecule has 1 amide bonds. The Morgan fingerprint density at radius 2 is 1.71 bits per heavy atom. The van der Waals surface area contributed by atoms with Crippen molar-refractivity contribution in [3.05, 3.63) is 83.4 Å². The molecule has 0 saturated heterocycles. The summed E-state index contributed by atoms with van der Waals surface area (Å²) in [7, 11) is 0. The zero-order valence-corrected chi connectivity index (χ0v) is 16.3. The maximum atomic E-state index is 12.1. The summed E-state index contributed by atoms with van der Waals surface area (Å²) < 4.78 is 2.32. The largest absolute Gasteiger partial charge is 0.366 e. The predicted octanol–water partition coefficient (Wildman–Crippen LogP) is 5.67. The first-order valence-corrected chi connectivity index (χ1v) is 10.1. The van der Waals surface area contributed by atoms with E-state index in [0.717, 1.165) is 29.3 Å². The standard InChI is InChI=1S/C25H26N2O/c1-2-3-5-9-18-14-15-20-23(16-18)27(17-19-10-6-4-7-11-19)22-13-8-12-21(24(20)22)25(26)28/h4,6-8,10-16H,2-3,5,9,17H2,1H3,(H2,26,28). The number of benzene rings is 3. The molecule has 0 atom stereocenters. The summed E-state index contributed by atoms with van der Waals surface area (Å²) in [5, 5.41) is 2.06.